The number of aryl methyl sites for hydroxylation is 1. The lowest BCUT2D eigenvalue weighted by molar-refractivity contribution is 0.119. The Hall–Kier alpha value is -1.95. The van der Waals surface area contributed by atoms with Crippen LogP contribution in [0.4, 0.5) is 0 Å². The van der Waals surface area contributed by atoms with Gasteiger partial charge in [-0.15, -0.1) is 0 Å². The largest absolute Gasteiger partial charge is 0.506 e. The van der Waals surface area contributed by atoms with Gasteiger partial charge >= 0.3 is 0 Å². The smallest absolute Gasteiger partial charge is 0.138 e. The molecule has 2 heterocycles. The first kappa shape index (κ1) is 16.9. The summed E-state index contributed by atoms with van der Waals surface area (Å²) in [6.45, 7) is 7.46. The maximum absolute atomic E-state index is 9.95. The second-order valence-corrected chi connectivity index (χ2v) is 6.40. The fourth-order valence-corrected chi connectivity index (χ4v) is 3.14. The standard InChI is InChI=1S/C19H25N3O2/c1-15-6-7-19(24)18(20-15)13-22-10-8-21(9-11-22)12-16-4-2-3-5-17(16)14-23/h2-7,23-24H,8-14H2,1H3. The number of aromatic hydroxyl groups is 1. The van der Waals surface area contributed by atoms with Crippen LogP contribution in [0.3, 0.4) is 0 Å². The number of aliphatic hydroxyl groups excluding tert-OH is 1. The molecule has 0 unspecified atom stereocenters. The lowest BCUT2D eigenvalue weighted by Gasteiger charge is -2.34. The van der Waals surface area contributed by atoms with Crippen molar-refractivity contribution in [2.24, 2.45) is 0 Å². The van der Waals surface area contributed by atoms with Gasteiger partial charge in [-0.25, -0.2) is 0 Å². The van der Waals surface area contributed by atoms with Gasteiger partial charge in [0.1, 0.15) is 5.75 Å². The van der Waals surface area contributed by atoms with E-state index in [0.717, 1.165) is 49.7 Å². The van der Waals surface area contributed by atoms with Crippen LogP contribution >= 0.6 is 0 Å². The number of benzene rings is 1. The Morgan fingerprint density at radius 2 is 1.54 bits per heavy atom. The highest BCUT2D eigenvalue weighted by molar-refractivity contribution is 5.28. The molecule has 0 atom stereocenters. The van der Waals surface area contributed by atoms with E-state index in [2.05, 4.69) is 20.9 Å². The number of hydrogen-bond acceptors (Lipinski definition) is 5. The minimum Gasteiger partial charge on any atom is -0.506 e. The van der Waals surface area contributed by atoms with Crippen LogP contribution in [0.25, 0.3) is 0 Å². The van der Waals surface area contributed by atoms with E-state index in [1.54, 1.807) is 6.07 Å². The van der Waals surface area contributed by atoms with Gasteiger partial charge in [0.2, 0.25) is 0 Å². The summed E-state index contributed by atoms with van der Waals surface area (Å²) in [6, 6.07) is 11.6. The Labute approximate surface area is 143 Å². The van der Waals surface area contributed by atoms with Crippen LogP contribution in [-0.4, -0.2) is 51.2 Å². The molecule has 1 saturated heterocycles. The molecular weight excluding hydrogens is 302 g/mol. The van der Waals surface area contributed by atoms with E-state index in [1.807, 2.05) is 31.2 Å². The summed E-state index contributed by atoms with van der Waals surface area (Å²) in [5, 5.41) is 19.4. The van der Waals surface area contributed by atoms with Gasteiger partial charge in [-0.05, 0) is 30.2 Å². The van der Waals surface area contributed by atoms with E-state index in [1.165, 1.54) is 5.56 Å². The monoisotopic (exact) mass is 327 g/mol. The van der Waals surface area contributed by atoms with Gasteiger partial charge in [-0.1, -0.05) is 24.3 Å². The molecule has 0 bridgehead atoms. The Balaban J connectivity index is 1.55. The van der Waals surface area contributed by atoms with Crippen molar-refractivity contribution in [2.75, 3.05) is 26.2 Å². The zero-order valence-electron chi connectivity index (χ0n) is 14.1. The lowest BCUT2D eigenvalue weighted by atomic mass is 10.1. The average molecular weight is 327 g/mol. The minimum atomic E-state index is 0.0917. The first-order valence-corrected chi connectivity index (χ1v) is 8.43. The molecule has 24 heavy (non-hydrogen) atoms. The number of rotatable bonds is 5. The SMILES string of the molecule is Cc1ccc(O)c(CN2CCN(Cc3ccccc3CO)CC2)n1. The van der Waals surface area contributed by atoms with E-state index in [0.29, 0.717) is 6.54 Å². The van der Waals surface area contributed by atoms with Crippen molar-refractivity contribution in [1.82, 2.24) is 14.8 Å². The Morgan fingerprint density at radius 1 is 0.917 bits per heavy atom. The quantitative estimate of drug-likeness (QED) is 0.878. The summed E-state index contributed by atoms with van der Waals surface area (Å²) in [4.78, 5) is 9.18. The fraction of sp³-hybridized carbons (Fsp3) is 0.421. The first-order valence-electron chi connectivity index (χ1n) is 8.43. The first-order chi connectivity index (χ1) is 11.7. The van der Waals surface area contributed by atoms with E-state index >= 15 is 0 Å². The molecule has 1 aliphatic rings. The molecule has 5 nitrogen and oxygen atoms in total. The van der Waals surface area contributed by atoms with Crippen LogP contribution < -0.4 is 0 Å². The number of pyridine rings is 1. The van der Waals surface area contributed by atoms with E-state index in [4.69, 9.17) is 0 Å². The molecule has 1 aromatic carbocycles. The second kappa shape index (κ2) is 7.75. The molecule has 0 radical (unpaired) electrons. The highest BCUT2D eigenvalue weighted by atomic mass is 16.3. The maximum Gasteiger partial charge on any atom is 0.138 e. The molecular formula is C19H25N3O2. The van der Waals surface area contributed by atoms with Gasteiger partial charge in [-0.2, -0.15) is 0 Å². The van der Waals surface area contributed by atoms with Crippen molar-refractivity contribution in [1.29, 1.82) is 0 Å². The number of hydrogen-bond donors (Lipinski definition) is 2. The average Bonchev–Trinajstić information content (AvgIpc) is 2.60. The second-order valence-electron chi connectivity index (χ2n) is 6.40. The van der Waals surface area contributed by atoms with Crippen molar-refractivity contribution in [3.05, 3.63) is 58.9 Å². The normalized spacial score (nSPS) is 16.4. The summed E-state index contributed by atoms with van der Waals surface area (Å²) in [6.07, 6.45) is 0. The number of nitrogens with zero attached hydrogens (tertiary/aromatic N) is 3. The van der Waals surface area contributed by atoms with E-state index in [9.17, 15) is 10.2 Å². The molecule has 128 valence electrons. The van der Waals surface area contributed by atoms with Gasteiger partial charge < -0.3 is 10.2 Å². The Morgan fingerprint density at radius 3 is 2.21 bits per heavy atom. The van der Waals surface area contributed by atoms with Crippen LogP contribution in [0.15, 0.2) is 36.4 Å². The third kappa shape index (κ3) is 4.12. The van der Waals surface area contributed by atoms with Crippen molar-refractivity contribution in [3.8, 4) is 5.75 Å². The molecule has 2 aromatic rings. The molecule has 2 N–H and O–H groups in total. The van der Waals surface area contributed by atoms with Gasteiger partial charge in [0.15, 0.2) is 0 Å². The fourth-order valence-electron chi connectivity index (χ4n) is 3.14. The molecule has 1 aromatic heterocycles. The van der Waals surface area contributed by atoms with E-state index < -0.39 is 0 Å². The zero-order valence-corrected chi connectivity index (χ0v) is 14.1. The van der Waals surface area contributed by atoms with Crippen LogP contribution in [-0.2, 0) is 19.7 Å². The summed E-state index contributed by atoms with van der Waals surface area (Å²) in [5.74, 6) is 0.278. The third-order valence-electron chi connectivity index (χ3n) is 4.61. The highest BCUT2D eigenvalue weighted by Gasteiger charge is 2.19. The minimum absolute atomic E-state index is 0.0917. The number of aliphatic hydroxyl groups is 1. The predicted molar refractivity (Wildman–Crippen MR) is 93.6 cm³/mol. The van der Waals surface area contributed by atoms with Gasteiger partial charge in [0.05, 0.1) is 12.3 Å². The van der Waals surface area contributed by atoms with Crippen molar-refractivity contribution >= 4 is 0 Å². The molecule has 5 heteroatoms. The number of piperazine rings is 1. The lowest BCUT2D eigenvalue weighted by Crippen LogP contribution is -2.45. The topological polar surface area (TPSA) is 59.8 Å². The summed E-state index contributed by atoms with van der Waals surface area (Å²) in [7, 11) is 0. The molecule has 0 aliphatic carbocycles. The molecule has 1 aliphatic heterocycles. The Kier molecular flexibility index (Phi) is 5.45. The summed E-state index contributed by atoms with van der Waals surface area (Å²) < 4.78 is 0. The summed E-state index contributed by atoms with van der Waals surface area (Å²) >= 11 is 0. The van der Waals surface area contributed by atoms with Crippen molar-refractivity contribution in [3.63, 3.8) is 0 Å². The highest BCUT2D eigenvalue weighted by Crippen LogP contribution is 2.19. The number of aromatic nitrogens is 1. The molecule has 1 fully saturated rings. The molecule has 3 rings (SSSR count). The molecule has 0 saturated carbocycles. The molecule has 0 amide bonds. The van der Waals surface area contributed by atoms with Crippen LogP contribution in [0.1, 0.15) is 22.5 Å². The predicted octanol–water partition coefficient (Wildman–Crippen LogP) is 1.91. The van der Waals surface area contributed by atoms with Crippen LogP contribution in [0.2, 0.25) is 0 Å². The summed E-state index contributed by atoms with van der Waals surface area (Å²) in [5.41, 5.74) is 3.90. The van der Waals surface area contributed by atoms with Gasteiger partial charge in [0, 0.05) is 45.0 Å². The zero-order chi connectivity index (χ0) is 16.9. The van der Waals surface area contributed by atoms with E-state index in [-0.39, 0.29) is 12.4 Å². The van der Waals surface area contributed by atoms with Crippen molar-refractivity contribution < 1.29 is 10.2 Å². The van der Waals surface area contributed by atoms with Gasteiger partial charge in [-0.3, -0.25) is 14.8 Å². The Bertz CT molecular complexity index is 682. The van der Waals surface area contributed by atoms with Crippen LogP contribution in [0, 0.1) is 6.92 Å². The molecule has 0 spiro atoms. The van der Waals surface area contributed by atoms with Gasteiger partial charge in [0.25, 0.3) is 0 Å². The maximum atomic E-state index is 9.95. The van der Waals surface area contributed by atoms with Crippen LogP contribution in [0.5, 0.6) is 5.75 Å². The third-order valence-corrected chi connectivity index (χ3v) is 4.61. The van der Waals surface area contributed by atoms with Crippen molar-refractivity contribution in [2.45, 2.75) is 26.6 Å².